The van der Waals surface area contributed by atoms with Gasteiger partial charge in [0.1, 0.15) is 5.78 Å². The topological polar surface area (TPSA) is 86.7 Å². The van der Waals surface area contributed by atoms with E-state index in [1.165, 1.54) is 0 Å². The van der Waals surface area contributed by atoms with Crippen LogP contribution < -0.4 is 0 Å². The molecule has 2 atom stereocenters. The molecule has 1 aromatic rings. The van der Waals surface area contributed by atoms with Gasteiger partial charge in [-0.25, -0.2) is 0 Å². The number of hydrogen-bond acceptors (Lipinski definition) is 6. The van der Waals surface area contributed by atoms with Gasteiger partial charge >= 0.3 is 11.9 Å². The van der Waals surface area contributed by atoms with Crippen molar-refractivity contribution in [2.24, 2.45) is 17.8 Å². The number of ketones is 2. The molecule has 25 heavy (non-hydrogen) atoms. The maximum atomic E-state index is 12.8. The van der Waals surface area contributed by atoms with E-state index in [0.29, 0.717) is 5.56 Å². The Kier molecular flexibility index (Phi) is 6.44. The lowest BCUT2D eigenvalue weighted by Gasteiger charge is -2.24. The van der Waals surface area contributed by atoms with E-state index in [2.05, 4.69) is 0 Å². The molecule has 2 unspecified atom stereocenters. The second-order valence-corrected chi connectivity index (χ2v) is 5.86. The van der Waals surface area contributed by atoms with E-state index >= 15 is 0 Å². The number of Topliss-reactive ketones (excluding diaryl/α,β-unsaturated/α-hetero) is 2. The first-order valence-corrected chi connectivity index (χ1v) is 8.46. The van der Waals surface area contributed by atoms with Gasteiger partial charge in [-0.1, -0.05) is 30.3 Å². The number of ether oxygens (including phenoxy) is 2. The molecule has 1 aliphatic carbocycles. The smallest absolute Gasteiger partial charge is 0.320 e. The highest BCUT2D eigenvalue weighted by Crippen LogP contribution is 2.38. The van der Waals surface area contributed by atoms with E-state index in [1.807, 2.05) is 0 Å². The van der Waals surface area contributed by atoms with E-state index in [-0.39, 0.29) is 37.6 Å². The van der Waals surface area contributed by atoms with Crippen molar-refractivity contribution in [1.82, 2.24) is 0 Å². The van der Waals surface area contributed by atoms with E-state index in [1.54, 1.807) is 44.2 Å². The van der Waals surface area contributed by atoms with Crippen molar-refractivity contribution in [2.45, 2.75) is 26.7 Å². The molecule has 1 saturated carbocycles. The van der Waals surface area contributed by atoms with Crippen LogP contribution >= 0.6 is 0 Å². The number of rotatable bonds is 7. The number of carbonyl (C=O) groups excluding carboxylic acids is 4. The maximum Gasteiger partial charge on any atom is 0.320 e. The SMILES string of the molecule is CCOC(=O)C(C(=O)OCC)C1CCC(=O)C1C(=O)c1ccccc1. The molecule has 6 heteroatoms. The fourth-order valence-corrected chi connectivity index (χ4v) is 3.26. The zero-order valence-electron chi connectivity index (χ0n) is 14.4. The molecule has 0 bridgehead atoms. The second-order valence-electron chi connectivity index (χ2n) is 5.86. The average Bonchev–Trinajstić information content (AvgIpc) is 2.97. The van der Waals surface area contributed by atoms with E-state index < -0.39 is 29.7 Å². The van der Waals surface area contributed by atoms with Gasteiger partial charge < -0.3 is 9.47 Å². The van der Waals surface area contributed by atoms with Gasteiger partial charge in [0.25, 0.3) is 0 Å². The van der Waals surface area contributed by atoms with Crippen molar-refractivity contribution >= 4 is 23.5 Å². The number of benzene rings is 1. The molecule has 1 fully saturated rings. The number of esters is 2. The second kappa shape index (κ2) is 8.55. The molecule has 0 saturated heterocycles. The standard InChI is InChI=1S/C19H22O6/c1-3-24-18(22)16(19(23)25-4-2)13-10-11-14(20)15(13)17(21)12-8-6-5-7-9-12/h5-9,13,15-16H,3-4,10-11H2,1-2H3. The number of carbonyl (C=O) groups is 4. The summed E-state index contributed by atoms with van der Waals surface area (Å²) in [6.07, 6.45) is 0.438. The molecule has 0 aromatic heterocycles. The van der Waals surface area contributed by atoms with E-state index in [9.17, 15) is 19.2 Å². The minimum atomic E-state index is -1.26. The molecule has 0 aliphatic heterocycles. The van der Waals surface area contributed by atoms with Crippen molar-refractivity contribution < 1.29 is 28.7 Å². The summed E-state index contributed by atoms with van der Waals surface area (Å²) in [6, 6.07) is 8.42. The Morgan fingerprint density at radius 3 is 2.12 bits per heavy atom. The first-order valence-electron chi connectivity index (χ1n) is 8.46. The minimum absolute atomic E-state index is 0.104. The van der Waals surface area contributed by atoms with Crippen LogP contribution in [0.15, 0.2) is 30.3 Å². The molecule has 134 valence electrons. The highest BCUT2D eigenvalue weighted by molar-refractivity contribution is 6.13. The Hall–Kier alpha value is -2.50. The zero-order chi connectivity index (χ0) is 18.4. The van der Waals surface area contributed by atoms with Crippen molar-refractivity contribution in [3.05, 3.63) is 35.9 Å². The molecule has 6 nitrogen and oxygen atoms in total. The molecule has 2 rings (SSSR count). The summed E-state index contributed by atoms with van der Waals surface area (Å²) in [7, 11) is 0. The van der Waals surface area contributed by atoms with Crippen LogP contribution in [0.1, 0.15) is 37.0 Å². The Morgan fingerprint density at radius 2 is 1.60 bits per heavy atom. The lowest BCUT2D eigenvalue weighted by atomic mass is 9.79. The Morgan fingerprint density at radius 1 is 1.04 bits per heavy atom. The third-order valence-electron chi connectivity index (χ3n) is 4.35. The first-order chi connectivity index (χ1) is 12.0. The van der Waals surface area contributed by atoms with Crippen LogP contribution in [0.3, 0.4) is 0 Å². The van der Waals surface area contributed by atoms with Gasteiger partial charge in [-0.15, -0.1) is 0 Å². The van der Waals surface area contributed by atoms with Crippen LogP contribution in [0.25, 0.3) is 0 Å². The van der Waals surface area contributed by atoms with Crippen molar-refractivity contribution in [3.8, 4) is 0 Å². The Labute approximate surface area is 146 Å². The summed E-state index contributed by atoms with van der Waals surface area (Å²) in [4.78, 5) is 49.8. The van der Waals surface area contributed by atoms with Gasteiger partial charge in [-0.2, -0.15) is 0 Å². The normalized spacial score (nSPS) is 19.7. The maximum absolute atomic E-state index is 12.8. The molecular weight excluding hydrogens is 324 g/mol. The zero-order valence-corrected chi connectivity index (χ0v) is 14.4. The lowest BCUT2D eigenvalue weighted by molar-refractivity contribution is -0.164. The molecule has 1 aromatic carbocycles. The third kappa shape index (κ3) is 4.13. The van der Waals surface area contributed by atoms with Gasteiger partial charge in [0.05, 0.1) is 19.1 Å². The molecule has 0 heterocycles. The van der Waals surface area contributed by atoms with Crippen molar-refractivity contribution in [3.63, 3.8) is 0 Å². The summed E-state index contributed by atoms with van der Waals surface area (Å²) in [6.45, 7) is 3.47. The van der Waals surface area contributed by atoms with Crippen LogP contribution in [-0.2, 0) is 23.9 Å². The predicted octanol–water partition coefficient (Wildman–Crippen LogP) is 2.21. The summed E-state index contributed by atoms with van der Waals surface area (Å²) in [5.41, 5.74) is 0.388. The van der Waals surface area contributed by atoms with E-state index in [0.717, 1.165) is 0 Å². The molecule has 1 aliphatic rings. The third-order valence-corrected chi connectivity index (χ3v) is 4.35. The van der Waals surface area contributed by atoms with Crippen LogP contribution in [0.4, 0.5) is 0 Å². The molecule has 0 N–H and O–H groups in total. The van der Waals surface area contributed by atoms with Gasteiger partial charge in [-0.05, 0) is 20.3 Å². The molecule has 0 spiro atoms. The largest absolute Gasteiger partial charge is 0.465 e. The van der Waals surface area contributed by atoms with Gasteiger partial charge in [-0.3, -0.25) is 19.2 Å². The quantitative estimate of drug-likeness (QED) is 0.427. The van der Waals surface area contributed by atoms with Gasteiger partial charge in [0.2, 0.25) is 0 Å². The van der Waals surface area contributed by atoms with Crippen molar-refractivity contribution in [1.29, 1.82) is 0 Å². The van der Waals surface area contributed by atoms with Crippen molar-refractivity contribution in [2.75, 3.05) is 13.2 Å². The summed E-state index contributed by atoms with van der Waals surface area (Å²) < 4.78 is 9.98. The number of hydrogen-bond donors (Lipinski definition) is 0. The molecule has 0 amide bonds. The summed E-state index contributed by atoms with van der Waals surface area (Å²) >= 11 is 0. The predicted molar refractivity (Wildman–Crippen MR) is 88.7 cm³/mol. The highest BCUT2D eigenvalue weighted by atomic mass is 16.6. The Balaban J connectivity index is 2.34. The van der Waals surface area contributed by atoms with Crippen LogP contribution in [0.5, 0.6) is 0 Å². The minimum Gasteiger partial charge on any atom is -0.465 e. The molecular formula is C19H22O6. The fraction of sp³-hybridized carbons (Fsp3) is 0.474. The lowest BCUT2D eigenvalue weighted by Crippen LogP contribution is -2.39. The van der Waals surface area contributed by atoms with Gasteiger partial charge in [0, 0.05) is 17.9 Å². The monoisotopic (exact) mass is 346 g/mol. The van der Waals surface area contributed by atoms with Crippen LogP contribution in [-0.4, -0.2) is 36.7 Å². The first kappa shape index (κ1) is 18.8. The Bertz CT molecular complexity index is 633. The average molecular weight is 346 g/mol. The molecule has 0 radical (unpaired) electrons. The summed E-state index contributed by atoms with van der Waals surface area (Å²) in [5.74, 6) is -5.13. The highest BCUT2D eigenvalue weighted by Gasteiger charge is 2.50. The van der Waals surface area contributed by atoms with Crippen LogP contribution in [0.2, 0.25) is 0 Å². The van der Waals surface area contributed by atoms with Gasteiger partial charge in [0.15, 0.2) is 11.7 Å². The fourth-order valence-electron chi connectivity index (χ4n) is 3.26. The van der Waals surface area contributed by atoms with Crippen LogP contribution in [0, 0.1) is 17.8 Å². The summed E-state index contributed by atoms with van der Waals surface area (Å²) in [5, 5.41) is 0. The van der Waals surface area contributed by atoms with E-state index in [4.69, 9.17) is 9.47 Å².